The Labute approximate surface area is 116 Å². The summed E-state index contributed by atoms with van der Waals surface area (Å²) in [5.74, 6) is 0.157. The van der Waals surface area contributed by atoms with Crippen molar-refractivity contribution in [3.63, 3.8) is 0 Å². The summed E-state index contributed by atoms with van der Waals surface area (Å²) in [6.45, 7) is 2.07. The number of rotatable bonds is 2. The average Bonchev–Trinajstić information content (AvgIpc) is 3.07. The number of amides is 1. The molecule has 1 aromatic carbocycles. The molecule has 0 bridgehead atoms. The van der Waals surface area contributed by atoms with Gasteiger partial charge in [0.1, 0.15) is 5.60 Å². The summed E-state index contributed by atoms with van der Waals surface area (Å²) < 4.78 is 5.35. The number of hydrogen-bond donors (Lipinski definition) is 0. The molecule has 3 nitrogen and oxygen atoms in total. The molecule has 2 saturated heterocycles. The van der Waals surface area contributed by atoms with Crippen LogP contribution in [0.25, 0.3) is 0 Å². The maximum atomic E-state index is 12.0. The first-order chi connectivity index (χ1) is 8.58. The van der Waals surface area contributed by atoms with E-state index in [1.54, 1.807) is 6.07 Å². The van der Waals surface area contributed by atoms with E-state index in [2.05, 4.69) is 0 Å². The lowest BCUT2D eigenvalue weighted by Gasteiger charge is -2.30. The first-order valence-corrected chi connectivity index (χ1v) is 6.69. The van der Waals surface area contributed by atoms with Gasteiger partial charge in [-0.3, -0.25) is 4.79 Å². The van der Waals surface area contributed by atoms with Gasteiger partial charge in [-0.15, -0.1) is 0 Å². The van der Waals surface area contributed by atoms with E-state index >= 15 is 0 Å². The molecule has 96 valence electrons. The van der Waals surface area contributed by atoms with Crippen LogP contribution in [0.5, 0.6) is 0 Å². The molecule has 0 aromatic heterocycles. The van der Waals surface area contributed by atoms with Crippen molar-refractivity contribution in [1.29, 1.82) is 0 Å². The highest BCUT2D eigenvalue weighted by Crippen LogP contribution is 2.38. The fourth-order valence-electron chi connectivity index (χ4n) is 2.31. The van der Waals surface area contributed by atoms with Gasteiger partial charge in [-0.25, -0.2) is 0 Å². The van der Waals surface area contributed by atoms with Gasteiger partial charge in [0, 0.05) is 13.1 Å². The monoisotopic (exact) mass is 285 g/mol. The molecule has 2 fully saturated rings. The molecule has 1 unspecified atom stereocenters. The van der Waals surface area contributed by atoms with E-state index < -0.39 is 0 Å². The van der Waals surface area contributed by atoms with Crippen LogP contribution in [0.4, 0.5) is 0 Å². The number of halogens is 2. The number of ether oxygens (including phenoxy) is 1. The van der Waals surface area contributed by atoms with Crippen molar-refractivity contribution in [2.75, 3.05) is 13.2 Å². The van der Waals surface area contributed by atoms with Crippen molar-refractivity contribution in [2.45, 2.75) is 25.0 Å². The molecule has 3 rings (SSSR count). The number of nitrogens with zero attached hydrogens (tertiary/aromatic N) is 1. The molecule has 2 aliphatic rings. The number of hydrogen-bond acceptors (Lipinski definition) is 2. The zero-order valence-corrected chi connectivity index (χ0v) is 11.3. The maximum Gasteiger partial charge on any atom is 0.225 e. The van der Waals surface area contributed by atoms with E-state index in [-0.39, 0.29) is 11.5 Å². The number of piperidine rings is 1. The summed E-state index contributed by atoms with van der Waals surface area (Å²) in [6, 6.07) is 5.48. The van der Waals surface area contributed by atoms with Crippen LogP contribution in [0.15, 0.2) is 18.2 Å². The zero-order chi connectivity index (χ0) is 12.8. The summed E-state index contributed by atoms with van der Waals surface area (Å²) in [7, 11) is 0. The van der Waals surface area contributed by atoms with Crippen LogP contribution in [0.3, 0.4) is 0 Å². The van der Waals surface area contributed by atoms with Crippen LogP contribution in [-0.4, -0.2) is 29.6 Å². The minimum Gasteiger partial charge on any atom is -0.369 e. The minimum atomic E-state index is -0.120. The third-order valence-corrected chi connectivity index (χ3v) is 4.31. The molecular formula is C13H13Cl2NO2. The third kappa shape index (κ3) is 2.35. The quantitative estimate of drug-likeness (QED) is 0.783. The summed E-state index contributed by atoms with van der Waals surface area (Å²) in [5.41, 5.74) is 0.885. The number of benzene rings is 1. The fourth-order valence-corrected chi connectivity index (χ4v) is 2.63. The molecule has 2 aliphatic heterocycles. The van der Waals surface area contributed by atoms with Crippen LogP contribution in [0.2, 0.25) is 10.0 Å². The lowest BCUT2D eigenvalue weighted by atomic mass is 9.97. The van der Waals surface area contributed by atoms with Crippen LogP contribution >= 0.6 is 23.2 Å². The third-order valence-electron chi connectivity index (χ3n) is 3.57. The highest BCUT2D eigenvalue weighted by Gasteiger charge is 2.49. The molecular weight excluding hydrogens is 273 g/mol. The smallest absolute Gasteiger partial charge is 0.225 e. The molecule has 2 heterocycles. The molecule has 1 aromatic rings. The van der Waals surface area contributed by atoms with Gasteiger partial charge in [0.25, 0.3) is 0 Å². The Morgan fingerprint density at radius 2 is 2.11 bits per heavy atom. The summed E-state index contributed by atoms with van der Waals surface area (Å²) in [6.07, 6.45) is 1.44. The Hall–Kier alpha value is -0.770. The lowest BCUT2D eigenvalue weighted by molar-refractivity contribution is -0.136. The molecule has 0 aliphatic carbocycles. The Balaban J connectivity index is 1.68. The molecule has 0 saturated carbocycles. The number of carbonyl (C=O) groups excluding carboxylic acids is 1. The van der Waals surface area contributed by atoms with Crippen molar-refractivity contribution >= 4 is 29.1 Å². The SMILES string of the molecule is O=C1CC2(CCN1Cc1ccc(Cl)c(Cl)c1)CO2. The van der Waals surface area contributed by atoms with Gasteiger partial charge in [0.2, 0.25) is 5.91 Å². The highest BCUT2D eigenvalue weighted by atomic mass is 35.5. The van der Waals surface area contributed by atoms with Crippen molar-refractivity contribution in [3.8, 4) is 0 Å². The number of likely N-dealkylation sites (tertiary alicyclic amines) is 1. The predicted molar refractivity (Wildman–Crippen MR) is 69.8 cm³/mol. The molecule has 1 spiro atoms. The van der Waals surface area contributed by atoms with Gasteiger partial charge in [-0.05, 0) is 24.1 Å². The Morgan fingerprint density at radius 1 is 1.33 bits per heavy atom. The largest absolute Gasteiger partial charge is 0.369 e. The predicted octanol–water partition coefficient (Wildman–Crippen LogP) is 2.88. The van der Waals surface area contributed by atoms with Gasteiger partial charge in [0.05, 0.1) is 23.1 Å². The maximum absolute atomic E-state index is 12.0. The van der Waals surface area contributed by atoms with Crippen LogP contribution in [-0.2, 0) is 16.1 Å². The first kappa shape index (κ1) is 12.3. The topological polar surface area (TPSA) is 32.8 Å². The Morgan fingerprint density at radius 3 is 2.72 bits per heavy atom. The van der Waals surface area contributed by atoms with Crippen LogP contribution in [0.1, 0.15) is 18.4 Å². The molecule has 18 heavy (non-hydrogen) atoms. The first-order valence-electron chi connectivity index (χ1n) is 5.94. The van der Waals surface area contributed by atoms with Crippen molar-refractivity contribution in [3.05, 3.63) is 33.8 Å². The second-order valence-electron chi connectivity index (χ2n) is 4.96. The van der Waals surface area contributed by atoms with Crippen molar-refractivity contribution in [2.24, 2.45) is 0 Å². The fraction of sp³-hybridized carbons (Fsp3) is 0.462. The minimum absolute atomic E-state index is 0.120. The van der Waals surface area contributed by atoms with Crippen LogP contribution in [0, 0.1) is 0 Å². The summed E-state index contributed by atoms with van der Waals surface area (Å²) in [5, 5.41) is 1.07. The number of epoxide rings is 1. The van der Waals surface area contributed by atoms with Gasteiger partial charge in [0.15, 0.2) is 0 Å². The zero-order valence-electron chi connectivity index (χ0n) is 9.79. The van der Waals surface area contributed by atoms with Gasteiger partial charge in [-0.2, -0.15) is 0 Å². The van der Waals surface area contributed by atoms with Crippen molar-refractivity contribution in [1.82, 2.24) is 4.90 Å². The van der Waals surface area contributed by atoms with E-state index in [0.717, 1.165) is 25.1 Å². The molecule has 1 amide bonds. The standard InChI is InChI=1S/C13H13Cl2NO2/c14-10-2-1-9(5-11(10)15)7-16-4-3-13(8-18-13)6-12(16)17/h1-2,5H,3-4,6-8H2. The van der Waals surface area contributed by atoms with E-state index in [0.29, 0.717) is 23.0 Å². The number of carbonyl (C=O) groups is 1. The van der Waals surface area contributed by atoms with E-state index in [4.69, 9.17) is 27.9 Å². The average molecular weight is 286 g/mol. The van der Waals surface area contributed by atoms with Gasteiger partial charge >= 0.3 is 0 Å². The van der Waals surface area contributed by atoms with E-state index in [1.807, 2.05) is 17.0 Å². The normalized spacial score (nSPS) is 26.8. The molecule has 1 atom stereocenters. The lowest BCUT2D eigenvalue weighted by Crippen LogP contribution is -2.41. The van der Waals surface area contributed by atoms with Gasteiger partial charge in [-0.1, -0.05) is 29.3 Å². The van der Waals surface area contributed by atoms with E-state index in [9.17, 15) is 4.79 Å². The van der Waals surface area contributed by atoms with E-state index in [1.165, 1.54) is 0 Å². The Bertz CT molecular complexity index is 500. The molecule has 5 heteroatoms. The summed E-state index contributed by atoms with van der Waals surface area (Å²) >= 11 is 11.8. The second-order valence-corrected chi connectivity index (χ2v) is 5.78. The summed E-state index contributed by atoms with van der Waals surface area (Å²) in [4.78, 5) is 13.8. The highest BCUT2D eigenvalue weighted by molar-refractivity contribution is 6.42. The van der Waals surface area contributed by atoms with Gasteiger partial charge < -0.3 is 9.64 Å². The second kappa shape index (κ2) is 4.41. The molecule has 0 N–H and O–H groups in total. The molecule has 0 radical (unpaired) electrons. The van der Waals surface area contributed by atoms with Crippen molar-refractivity contribution < 1.29 is 9.53 Å². The van der Waals surface area contributed by atoms with Crippen LogP contribution < -0.4 is 0 Å². The Kier molecular flexibility index (Phi) is 3.00.